The lowest BCUT2D eigenvalue weighted by Crippen LogP contribution is -2.33. The van der Waals surface area contributed by atoms with Gasteiger partial charge in [-0.05, 0) is 0 Å². The lowest BCUT2D eigenvalue weighted by Gasteiger charge is -2.12. The van der Waals surface area contributed by atoms with Gasteiger partial charge in [0.2, 0.25) is 11.8 Å². The van der Waals surface area contributed by atoms with Crippen molar-refractivity contribution in [3.8, 4) is 0 Å². The van der Waals surface area contributed by atoms with Crippen LogP contribution in [0.25, 0.3) is 0 Å². The van der Waals surface area contributed by atoms with Crippen molar-refractivity contribution in [2.45, 2.75) is 20.3 Å². The van der Waals surface area contributed by atoms with Crippen LogP contribution in [-0.4, -0.2) is 36.9 Å². The van der Waals surface area contributed by atoms with E-state index in [9.17, 15) is 9.59 Å². The standard InChI is InChI=1S/C10H18N2O2/c1-7(2)10(14)11-5-8-4-9(13)12(3)6-8/h7-8H,4-6H2,1-3H3,(H,11,14). The van der Waals surface area contributed by atoms with Gasteiger partial charge in [-0.3, -0.25) is 9.59 Å². The molecule has 14 heavy (non-hydrogen) atoms. The fourth-order valence-corrected chi connectivity index (χ4v) is 1.54. The van der Waals surface area contributed by atoms with Crippen LogP contribution in [0.15, 0.2) is 0 Å². The van der Waals surface area contributed by atoms with Crippen LogP contribution in [-0.2, 0) is 9.59 Å². The Bertz CT molecular complexity index is 238. The SMILES string of the molecule is CC(C)C(=O)NCC1CC(=O)N(C)C1. The van der Waals surface area contributed by atoms with Gasteiger partial charge in [-0.1, -0.05) is 13.8 Å². The predicted molar refractivity (Wildman–Crippen MR) is 53.6 cm³/mol. The number of carbonyl (C=O) groups is 2. The average molecular weight is 198 g/mol. The fourth-order valence-electron chi connectivity index (χ4n) is 1.54. The van der Waals surface area contributed by atoms with Crippen molar-refractivity contribution in [2.24, 2.45) is 11.8 Å². The topological polar surface area (TPSA) is 49.4 Å². The van der Waals surface area contributed by atoms with Crippen LogP contribution >= 0.6 is 0 Å². The van der Waals surface area contributed by atoms with Gasteiger partial charge in [0.25, 0.3) is 0 Å². The number of nitrogens with zero attached hydrogens (tertiary/aromatic N) is 1. The number of nitrogens with one attached hydrogen (secondary N) is 1. The molecule has 0 aromatic rings. The maximum atomic E-state index is 11.3. The molecule has 0 aliphatic carbocycles. The van der Waals surface area contributed by atoms with Crippen LogP contribution in [0.2, 0.25) is 0 Å². The van der Waals surface area contributed by atoms with Crippen molar-refractivity contribution >= 4 is 11.8 Å². The Balaban J connectivity index is 2.27. The number of hydrogen-bond donors (Lipinski definition) is 1. The Labute approximate surface area is 84.7 Å². The van der Waals surface area contributed by atoms with Crippen molar-refractivity contribution < 1.29 is 9.59 Å². The molecule has 0 aromatic carbocycles. The summed E-state index contributed by atoms with van der Waals surface area (Å²) < 4.78 is 0. The van der Waals surface area contributed by atoms with Gasteiger partial charge in [-0.15, -0.1) is 0 Å². The number of rotatable bonds is 3. The van der Waals surface area contributed by atoms with E-state index in [0.717, 1.165) is 6.54 Å². The van der Waals surface area contributed by atoms with E-state index in [1.807, 2.05) is 13.8 Å². The molecule has 1 atom stereocenters. The highest BCUT2D eigenvalue weighted by Gasteiger charge is 2.26. The molecule has 0 bridgehead atoms. The number of carbonyl (C=O) groups excluding carboxylic acids is 2. The summed E-state index contributed by atoms with van der Waals surface area (Å²) in [6.07, 6.45) is 0.564. The average Bonchev–Trinajstić information content (AvgIpc) is 2.42. The van der Waals surface area contributed by atoms with Crippen LogP contribution in [0.3, 0.4) is 0 Å². The third kappa shape index (κ3) is 2.72. The fraction of sp³-hybridized carbons (Fsp3) is 0.800. The van der Waals surface area contributed by atoms with Crippen molar-refractivity contribution in [3.05, 3.63) is 0 Å². The zero-order valence-corrected chi connectivity index (χ0v) is 9.04. The number of hydrogen-bond acceptors (Lipinski definition) is 2. The Morgan fingerprint density at radius 3 is 2.71 bits per heavy atom. The smallest absolute Gasteiger partial charge is 0.222 e. The minimum absolute atomic E-state index is 0.0184. The second kappa shape index (κ2) is 4.44. The Morgan fingerprint density at radius 1 is 1.64 bits per heavy atom. The van der Waals surface area contributed by atoms with Crippen LogP contribution in [0.1, 0.15) is 20.3 Å². The minimum Gasteiger partial charge on any atom is -0.356 e. The molecular formula is C10H18N2O2. The highest BCUT2D eigenvalue weighted by molar-refractivity contribution is 5.79. The van der Waals surface area contributed by atoms with Gasteiger partial charge in [0, 0.05) is 38.4 Å². The molecular weight excluding hydrogens is 180 g/mol. The Morgan fingerprint density at radius 2 is 2.29 bits per heavy atom. The van der Waals surface area contributed by atoms with Crippen LogP contribution in [0.5, 0.6) is 0 Å². The first kappa shape index (κ1) is 11.0. The normalized spacial score (nSPS) is 21.9. The van der Waals surface area contributed by atoms with E-state index in [1.165, 1.54) is 0 Å². The molecule has 80 valence electrons. The van der Waals surface area contributed by atoms with E-state index in [2.05, 4.69) is 5.32 Å². The summed E-state index contributed by atoms with van der Waals surface area (Å²) in [6, 6.07) is 0. The van der Waals surface area contributed by atoms with Gasteiger partial charge in [0.1, 0.15) is 0 Å². The zero-order valence-electron chi connectivity index (χ0n) is 9.04. The summed E-state index contributed by atoms with van der Waals surface area (Å²) in [4.78, 5) is 24.1. The van der Waals surface area contributed by atoms with E-state index in [1.54, 1.807) is 11.9 Å². The molecule has 1 fully saturated rings. The van der Waals surface area contributed by atoms with Crippen LogP contribution in [0, 0.1) is 11.8 Å². The third-order valence-corrected chi connectivity index (χ3v) is 2.51. The zero-order chi connectivity index (χ0) is 10.7. The highest BCUT2D eigenvalue weighted by atomic mass is 16.2. The largest absolute Gasteiger partial charge is 0.356 e. The summed E-state index contributed by atoms with van der Waals surface area (Å²) >= 11 is 0. The number of likely N-dealkylation sites (tertiary alicyclic amines) is 1. The van der Waals surface area contributed by atoms with Crippen molar-refractivity contribution in [1.29, 1.82) is 0 Å². The third-order valence-electron chi connectivity index (χ3n) is 2.51. The lowest BCUT2D eigenvalue weighted by molar-refractivity contribution is -0.127. The molecule has 0 aromatic heterocycles. The molecule has 1 aliphatic rings. The molecule has 1 heterocycles. The molecule has 2 amide bonds. The molecule has 1 aliphatic heterocycles. The van der Waals surface area contributed by atoms with Crippen molar-refractivity contribution in [1.82, 2.24) is 10.2 Å². The maximum absolute atomic E-state index is 11.3. The summed E-state index contributed by atoms with van der Waals surface area (Å²) in [6.45, 7) is 5.10. The second-order valence-electron chi connectivity index (χ2n) is 4.24. The molecule has 4 heteroatoms. The predicted octanol–water partition coefficient (Wildman–Crippen LogP) is 0.237. The first-order valence-electron chi connectivity index (χ1n) is 5.02. The van der Waals surface area contributed by atoms with E-state index in [4.69, 9.17) is 0 Å². The van der Waals surface area contributed by atoms with Crippen LogP contribution in [0.4, 0.5) is 0 Å². The van der Waals surface area contributed by atoms with E-state index < -0.39 is 0 Å². The quantitative estimate of drug-likeness (QED) is 0.706. The molecule has 0 saturated carbocycles. The van der Waals surface area contributed by atoms with E-state index in [0.29, 0.717) is 13.0 Å². The summed E-state index contributed by atoms with van der Waals surface area (Å²) in [7, 11) is 1.80. The van der Waals surface area contributed by atoms with Gasteiger partial charge < -0.3 is 10.2 Å². The van der Waals surface area contributed by atoms with Gasteiger partial charge in [-0.2, -0.15) is 0 Å². The van der Waals surface area contributed by atoms with Crippen molar-refractivity contribution in [3.63, 3.8) is 0 Å². The molecule has 1 rings (SSSR count). The molecule has 1 N–H and O–H groups in total. The summed E-state index contributed by atoms with van der Waals surface area (Å²) in [5.74, 6) is 0.542. The lowest BCUT2D eigenvalue weighted by atomic mass is 10.1. The number of amides is 2. The van der Waals surface area contributed by atoms with Gasteiger partial charge >= 0.3 is 0 Å². The molecule has 4 nitrogen and oxygen atoms in total. The molecule has 0 spiro atoms. The first-order chi connectivity index (χ1) is 6.50. The minimum atomic E-state index is 0.0184. The Kier molecular flexibility index (Phi) is 3.49. The summed E-state index contributed by atoms with van der Waals surface area (Å²) in [5.41, 5.74) is 0. The highest BCUT2D eigenvalue weighted by Crippen LogP contribution is 2.14. The van der Waals surface area contributed by atoms with Gasteiger partial charge in [0.05, 0.1) is 0 Å². The van der Waals surface area contributed by atoms with Crippen molar-refractivity contribution in [2.75, 3.05) is 20.1 Å². The molecule has 1 unspecified atom stereocenters. The second-order valence-corrected chi connectivity index (χ2v) is 4.24. The van der Waals surface area contributed by atoms with Crippen LogP contribution < -0.4 is 5.32 Å². The Hall–Kier alpha value is -1.06. The summed E-state index contributed by atoms with van der Waals surface area (Å²) in [5, 5.41) is 2.85. The maximum Gasteiger partial charge on any atom is 0.222 e. The monoisotopic (exact) mass is 198 g/mol. The van der Waals surface area contributed by atoms with E-state index in [-0.39, 0.29) is 23.7 Å². The van der Waals surface area contributed by atoms with Gasteiger partial charge in [0.15, 0.2) is 0 Å². The molecule has 1 saturated heterocycles. The molecule has 0 radical (unpaired) electrons. The first-order valence-corrected chi connectivity index (χ1v) is 5.02. The van der Waals surface area contributed by atoms with Gasteiger partial charge in [-0.25, -0.2) is 0 Å². The van der Waals surface area contributed by atoms with E-state index >= 15 is 0 Å².